The lowest BCUT2D eigenvalue weighted by molar-refractivity contribution is 0.0322. The van der Waals surface area contributed by atoms with Crippen LogP contribution in [0.2, 0.25) is 0 Å². The number of hydrogen-bond donors (Lipinski definition) is 1. The van der Waals surface area contributed by atoms with E-state index in [2.05, 4.69) is 9.88 Å². The Morgan fingerprint density at radius 2 is 2.33 bits per heavy atom. The van der Waals surface area contributed by atoms with Crippen molar-refractivity contribution in [2.75, 3.05) is 6.54 Å². The molecule has 3 heterocycles. The summed E-state index contributed by atoms with van der Waals surface area (Å²) < 4.78 is 5.63. The van der Waals surface area contributed by atoms with Gasteiger partial charge in [0.2, 0.25) is 0 Å². The van der Waals surface area contributed by atoms with E-state index in [1.807, 2.05) is 32.2 Å². The first-order valence-corrected chi connectivity index (χ1v) is 8.39. The Morgan fingerprint density at radius 1 is 1.48 bits per heavy atom. The van der Waals surface area contributed by atoms with Crippen LogP contribution in [-0.2, 0) is 6.54 Å². The van der Waals surface area contributed by atoms with Crippen molar-refractivity contribution < 1.29 is 9.52 Å². The fraction of sp³-hybridized carbons (Fsp3) is 0.562. The summed E-state index contributed by atoms with van der Waals surface area (Å²) in [4.78, 5) is 8.09. The molecule has 114 valence electrons. The molecular formula is C16H22N2O2S. The van der Waals surface area contributed by atoms with Gasteiger partial charge in [-0.2, -0.15) is 0 Å². The monoisotopic (exact) mass is 306 g/mol. The van der Waals surface area contributed by atoms with Crippen LogP contribution in [0.1, 0.15) is 36.8 Å². The van der Waals surface area contributed by atoms with E-state index in [9.17, 15) is 5.11 Å². The average Bonchev–Trinajstić information content (AvgIpc) is 3.08. The van der Waals surface area contributed by atoms with Gasteiger partial charge in [0.15, 0.2) is 10.8 Å². The Labute approximate surface area is 129 Å². The highest BCUT2D eigenvalue weighted by Crippen LogP contribution is 2.29. The van der Waals surface area contributed by atoms with Crippen molar-refractivity contribution in [3.63, 3.8) is 0 Å². The van der Waals surface area contributed by atoms with Gasteiger partial charge in [0.05, 0.1) is 6.10 Å². The van der Waals surface area contributed by atoms with Crippen LogP contribution in [0.4, 0.5) is 0 Å². The first-order chi connectivity index (χ1) is 10.1. The zero-order valence-electron chi connectivity index (χ0n) is 12.6. The standard InChI is InChI=1S/C16H22N2O2S/c1-11-6-7-15(20-11)16-17-9-13(21-16)10-18-8-4-3-5-14(18)12(2)19/h6-7,9,12,14,19H,3-5,8,10H2,1-2H3. The van der Waals surface area contributed by atoms with Gasteiger partial charge >= 0.3 is 0 Å². The smallest absolute Gasteiger partial charge is 0.162 e. The van der Waals surface area contributed by atoms with Crippen molar-refractivity contribution in [2.24, 2.45) is 0 Å². The zero-order chi connectivity index (χ0) is 14.8. The molecule has 2 atom stereocenters. The van der Waals surface area contributed by atoms with Gasteiger partial charge in [0.25, 0.3) is 0 Å². The molecule has 0 aliphatic carbocycles. The number of aliphatic hydroxyl groups excluding tert-OH is 1. The normalized spacial score (nSPS) is 21.6. The first kappa shape index (κ1) is 14.8. The number of rotatable bonds is 4. The number of likely N-dealkylation sites (tertiary alicyclic amines) is 1. The number of aryl methyl sites for hydroxylation is 1. The van der Waals surface area contributed by atoms with Crippen molar-refractivity contribution in [3.8, 4) is 10.8 Å². The Balaban J connectivity index is 1.71. The minimum atomic E-state index is -0.273. The molecule has 1 saturated heterocycles. The second-order valence-corrected chi connectivity index (χ2v) is 6.93. The highest BCUT2D eigenvalue weighted by Gasteiger charge is 2.26. The van der Waals surface area contributed by atoms with Gasteiger partial charge in [-0.3, -0.25) is 4.90 Å². The molecule has 1 aliphatic rings. The summed E-state index contributed by atoms with van der Waals surface area (Å²) in [7, 11) is 0. The molecule has 2 aromatic rings. The summed E-state index contributed by atoms with van der Waals surface area (Å²) >= 11 is 1.68. The fourth-order valence-corrected chi connectivity index (χ4v) is 3.90. The molecule has 1 aliphatic heterocycles. The van der Waals surface area contributed by atoms with Crippen LogP contribution in [-0.4, -0.2) is 33.7 Å². The number of furan rings is 1. The van der Waals surface area contributed by atoms with Crippen LogP contribution < -0.4 is 0 Å². The van der Waals surface area contributed by atoms with E-state index in [0.717, 1.165) is 36.0 Å². The molecule has 3 rings (SSSR count). The molecule has 0 bridgehead atoms. The summed E-state index contributed by atoms with van der Waals surface area (Å²) in [6.07, 6.45) is 5.18. The van der Waals surface area contributed by atoms with Crippen LogP contribution in [0.3, 0.4) is 0 Å². The van der Waals surface area contributed by atoms with Crippen LogP contribution in [0, 0.1) is 6.92 Å². The summed E-state index contributed by atoms with van der Waals surface area (Å²) in [5.41, 5.74) is 0. The molecule has 0 aromatic carbocycles. The van der Waals surface area contributed by atoms with Crippen molar-refractivity contribution in [2.45, 2.75) is 51.8 Å². The van der Waals surface area contributed by atoms with E-state index < -0.39 is 0 Å². The lowest BCUT2D eigenvalue weighted by atomic mass is 9.98. The second-order valence-electron chi connectivity index (χ2n) is 5.82. The van der Waals surface area contributed by atoms with Crippen LogP contribution >= 0.6 is 11.3 Å². The van der Waals surface area contributed by atoms with Gasteiger partial charge in [0, 0.05) is 23.7 Å². The number of nitrogens with zero attached hydrogens (tertiary/aromatic N) is 2. The van der Waals surface area contributed by atoms with E-state index >= 15 is 0 Å². The van der Waals surface area contributed by atoms with Gasteiger partial charge in [-0.05, 0) is 45.4 Å². The molecular weight excluding hydrogens is 284 g/mol. The third-order valence-electron chi connectivity index (χ3n) is 4.08. The number of aliphatic hydroxyl groups is 1. The Hall–Kier alpha value is -1.17. The predicted molar refractivity (Wildman–Crippen MR) is 84.3 cm³/mol. The molecule has 21 heavy (non-hydrogen) atoms. The number of thiazole rings is 1. The Bertz CT molecular complexity index is 591. The first-order valence-electron chi connectivity index (χ1n) is 7.57. The third kappa shape index (κ3) is 3.36. The van der Waals surface area contributed by atoms with E-state index in [1.54, 1.807) is 11.3 Å². The average molecular weight is 306 g/mol. The predicted octanol–water partition coefficient (Wildman–Crippen LogP) is 3.45. The molecule has 0 spiro atoms. The summed E-state index contributed by atoms with van der Waals surface area (Å²) in [6.45, 7) is 5.77. The van der Waals surface area contributed by atoms with Gasteiger partial charge in [-0.25, -0.2) is 4.98 Å². The summed E-state index contributed by atoms with van der Waals surface area (Å²) in [5.74, 6) is 1.75. The number of hydrogen-bond acceptors (Lipinski definition) is 5. The number of piperidine rings is 1. The summed E-state index contributed by atoms with van der Waals surface area (Å²) in [6, 6.07) is 4.21. The highest BCUT2D eigenvalue weighted by atomic mass is 32.1. The van der Waals surface area contributed by atoms with Crippen molar-refractivity contribution in [1.29, 1.82) is 0 Å². The molecule has 0 radical (unpaired) electrons. The topological polar surface area (TPSA) is 49.5 Å². The molecule has 5 heteroatoms. The number of aromatic nitrogens is 1. The van der Waals surface area contributed by atoms with E-state index in [-0.39, 0.29) is 12.1 Å². The molecule has 4 nitrogen and oxygen atoms in total. The molecule has 0 saturated carbocycles. The third-order valence-corrected chi connectivity index (χ3v) is 5.08. The SMILES string of the molecule is Cc1ccc(-c2ncc(CN3CCCCC3C(C)O)s2)o1. The maximum absolute atomic E-state index is 9.94. The van der Waals surface area contributed by atoms with Gasteiger partial charge in [-0.15, -0.1) is 11.3 Å². The van der Waals surface area contributed by atoms with Gasteiger partial charge in [0.1, 0.15) is 5.76 Å². The molecule has 1 fully saturated rings. The van der Waals surface area contributed by atoms with Crippen LogP contribution in [0.15, 0.2) is 22.7 Å². The lowest BCUT2D eigenvalue weighted by Gasteiger charge is -2.37. The van der Waals surface area contributed by atoms with Crippen LogP contribution in [0.25, 0.3) is 10.8 Å². The van der Waals surface area contributed by atoms with Gasteiger partial charge in [-0.1, -0.05) is 6.42 Å². The second kappa shape index (κ2) is 6.30. The quantitative estimate of drug-likeness (QED) is 0.940. The largest absolute Gasteiger partial charge is 0.459 e. The Kier molecular flexibility index (Phi) is 4.42. The zero-order valence-corrected chi connectivity index (χ0v) is 13.4. The highest BCUT2D eigenvalue weighted by molar-refractivity contribution is 7.14. The van der Waals surface area contributed by atoms with Crippen molar-refractivity contribution in [1.82, 2.24) is 9.88 Å². The summed E-state index contributed by atoms with van der Waals surface area (Å²) in [5, 5.41) is 10.9. The minimum Gasteiger partial charge on any atom is -0.459 e. The molecule has 2 aromatic heterocycles. The maximum atomic E-state index is 9.94. The fourth-order valence-electron chi connectivity index (χ4n) is 3.00. The molecule has 2 unspecified atom stereocenters. The van der Waals surface area contributed by atoms with E-state index in [4.69, 9.17) is 4.42 Å². The lowest BCUT2D eigenvalue weighted by Crippen LogP contribution is -2.45. The van der Waals surface area contributed by atoms with E-state index in [0.29, 0.717) is 0 Å². The maximum Gasteiger partial charge on any atom is 0.162 e. The van der Waals surface area contributed by atoms with Gasteiger partial charge < -0.3 is 9.52 Å². The Morgan fingerprint density at radius 3 is 3.05 bits per heavy atom. The minimum absolute atomic E-state index is 0.273. The molecule has 1 N–H and O–H groups in total. The van der Waals surface area contributed by atoms with Crippen LogP contribution in [0.5, 0.6) is 0 Å². The van der Waals surface area contributed by atoms with Crippen molar-refractivity contribution in [3.05, 3.63) is 29.0 Å². The molecule has 0 amide bonds. The van der Waals surface area contributed by atoms with Crippen molar-refractivity contribution >= 4 is 11.3 Å². The van der Waals surface area contributed by atoms with E-state index in [1.165, 1.54) is 17.7 Å².